The predicted octanol–water partition coefficient (Wildman–Crippen LogP) is 3.32. The van der Waals surface area contributed by atoms with Crippen LogP contribution in [0.1, 0.15) is 18.1 Å². The van der Waals surface area contributed by atoms with Crippen molar-refractivity contribution >= 4 is 5.82 Å². The van der Waals surface area contributed by atoms with Gasteiger partial charge < -0.3 is 10.1 Å². The molecule has 1 heterocycles. The van der Waals surface area contributed by atoms with Gasteiger partial charge in [0.2, 0.25) is 5.88 Å². The maximum atomic E-state index is 5.84. The number of nitrogens with one attached hydrogen (secondary N) is 1. The van der Waals surface area contributed by atoms with E-state index >= 15 is 0 Å². The number of hydrogen-bond donors (Lipinski definition) is 1. The van der Waals surface area contributed by atoms with Crippen molar-refractivity contribution in [3.63, 3.8) is 0 Å². The number of para-hydroxylation sites is 1. The molecule has 18 heavy (non-hydrogen) atoms. The van der Waals surface area contributed by atoms with Gasteiger partial charge in [-0.15, -0.1) is 0 Å². The van der Waals surface area contributed by atoms with E-state index in [9.17, 15) is 0 Å². The quantitative estimate of drug-likeness (QED) is 0.894. The number of aromatic nitrogens is 2. The van der Waals surface area contributed by atoms with Crippen LogP contribution in [0.5, 0.6) is 11.6 Å². The lowest BCUT2D eigenvalue weighted by Crippen LogP contribution is -2.04. The van der Waals surface area contributed by atoms with E-state index in [0.717, 1.165) is 29.2 Å². The van der Waals surface area contributed by atoms with Gasteiger partial charge in [-0.05, 0) is 32.4 Å². The molecule has 0 amide bonds. The van der Waals surface area contributed by atoms with Gasteiger partial charge >= 0.3 is 0 Å². The topological polar surface area (TPSA) is 47.0 Å². The number of hydrogen-bond acceptors (Lipinski definition) is 4. The van der Waals surface area contributed by atoms with Gasteiger partial charge in [-0.3, -0.25) is 0 Å². The summed E-state index contributed by atoms with van der Waals surface area (Å²) in [5.74, 6) is 2.23. The van der Waals surface area contributed by atoms with Crippen LogP contribution < -0.4 is 10.1 Å². The number of anilines is 1. The number of ether oxygens (including phenoxy) is 1. The van der Waals surface area contributed by atoms with Gasteiger partial charge in [-0.1, -0.05) is 18.2 Å². The summed E-state index contributed by atoms with van der Waals surface area (Å²) < 4.78 is 5.84. The van der Waals surface area contributed by atoms with Crippen LogP contribution in [0.25, 0.3) is 0 Å². The highest BCUT2D eigenvalue weighted by atomic mass is 16.5. The average Bonchev–Trinajstić information content (AvgIpc) is 2.37. The smallest absolute Gasteiger partial charge is 0.227 e. The molecule has 0 aliphatic rings. The summed E-state index contributed by atoms with van der Waals surface area (Å²) >= 11 is 0. The van der Waals surface area contributed by atoms with Crippen LogP contribution in [-0.4, -0.2) is 16.5 Å². The van der Waals surface area contributed by atoms with Crippen molar-refractivity contribution in [2.75, 3.05) is 11.9 Å². The van der Waals surface area contributed by atoms with Crippen LogP contribution >= 0.6 is 0 Å². The van der Waals surface area contributed by atoms with Crippen LogP contribution in [0.15, 0.2) is 30.6 Å². The first-order chi connectivity index (χ1) is 8.72. The summed E-state index contributed by atoms with van der Waals surface area (Å²) in [5, 5.41) is 3.19. The van der Waals surface area contributed by atoms with Gasteiger partial charge in [0.15, 0.2) is 0 Å². The maximum absolute atomic E-state index is 5.84. The molecule has 0 saturated heterocycles. The third kappa shape index (κ3) is 2.59. The Kier molecular flexibility index (Phi) is 3.77. The fraction of sp³-hybridized carbons (Fsp3) is 0.286. The fourth-order valence-corrected chi connectivity index (χ4v) is 1.66. The minimum Gasteiger partial charge on any atom is -0.438 e. The predicted molar refractivity (Wildman–Crippen MR) is 72.2 cm³/mol. The van der Waals surface area contributed by atoms with Crippen LogP contribution in [0.4, 0.5) is 5.82 Å². The summed E-state index contributed by atoms with van der Waals surface area (Å²) in [7, 11) is 0. The largest absolute Gasteiger partial charge is 0.438 e. The van der Waals surface area contributed by atoms with Crippen molar-refractivity contribution in [1.82, 2.24) is 9.97 Å². The SMILES string of the molecule is CCNc1ncnc(Oc2ccccc2C)c1C. The van der Waals surface area contributed by atoms with Crippen LogP contribution in [-0.2, 0) is 0 Å². The number of benzene rings is 1. The lowest BCUT2D eigenvalue weighted by molar-refractivity contribution is 0.454. The van der Waals surface area contributed by atoms with E-state index in [1.807, 2.05) is 45.0 Å². The summed E-state index contributed by atoms with van der Waals surface area (Å²) in [6.07, 6.45) is 1.51. The normalized spacial score (nSPS) is 10.2. The maximum Gasteiger partial charge on any atom is 0.227 e. The van der Waals surface area contributed by atoms with Gasteiger partial charge in [-0.25, -0.2) is 9.97 Å². The van der Waals surface area contributed by atoms with E-state index in [-0.39, 0.29) is 0 Å². The van der Waals surface area contributed by atoms with Crippen molar-refractivity contribution in [3.8, 4) is 11.6 Å². The van der Waals surface area contributed by atoms with E-state index in [1.165, 1.54) is 6.33 Å². The molecular formula is C14H17N3O. The standard InChI is InChI=1S/C14H17N3O/c1-4-15-13-11(3)14(17-9-16-13)18-12-8-6-5-7-10(12)2/h5-9H,4H2,1-3H3,(H,15,16,17). The first kappa shape index (κ1) is 12.4. The van der Waals surface area contributed by atoms with Gasteiger partial charge in [0.1, 0.15) is 17.9 Å². The Morgan fingerprint density at radius 3 is 2.67 bits per heavy atom. The van der Waals surface area contributed by atoms with Crippen LogP contribution in [0.3, 0.4) is 0 Å². The molecule has 0 spiro atoms. The Hall–Kier alpha value is -2.10. The molecular weight excluding hydrogens is 226 g/mol. The van der Waals surface area contributed by atoms with Gasteiger partial charge in [0, 0.05) is 6.54 Å². The van der Waals surface area contributed by atoms with Gasteiger partial charge in [0.25, 0.3) is 0 Å². The average molecular weight is 243 g/mol. The molecule has 0 fully saturated rings. The van der Waals surface area contributed by atoms with E-state index < -0.39 is 0 Å². The molecule has 2 aromatic rings. The van der Waals surface area contributed by atoms with Crippen molar-refractivity contribution in [3.05, 3.63) is 41.7 Å². The molecule has 1 aromatic carbocycles. The van der Waals surface area contributed by atoms with E-state index in [4.69, 9.17) is 4.74 Å². The highest BCUT2D eigenvalue weighted by Crippen LogP contribution is 2.27. The lowest BCUT2D eigenvalue weighted by Gasteiger charge is -2.12. The zero-order valence-electron chi connectivity index (χ0n) is 10.9. The molecule has 1 aromatic heterocycles. The molecule has 0 unspecified atom stereocenters. The third-order valence-corrected chi connectivity index (χ3v) is 2.68. The summed E-state index contributed by atoms with van der Waals surface area (Å²) in [6, 6.07) is 7.88. The van der Waals surface area contributed by atoms with Gasteiger partial charge in [-0.2, -0.15) is 0 Å². The molecule has 1 N–H and O–H groups in total. The van der Waals surface area contributed by atoms with Crippen LogP contribution in [0.2, 0.25) is 0 Å². The number of nitrogens with zero attached hydrogens (tertiary/aromatic N) is 2. The number of aryl methyl sites for hydroxylation is 1. The van der Waals surface area contributed by atoms with E-state index in [0.29, 0.717) is 5.88 Å². The fourth-order valence-electron chi connectivity index (χ4n) is 1.66. The monoisotopic (exact) mass is 243 g/mol. The van der Waals surface area contributed by atoms with E-state index in [2.05, 4.69) is 15.3 Å². The first-order valence-electron chi connectivity index (χ1n) is 6.01. The molecule has 0 bridgehead atoms. The molecule has 0 aliphatic heterocycles. The minimum atomic E-state index is 0.593. The molecule has 0 radical (unpaired) electrons. The molecule has 0 saturated carbocycles. The summed E-state index contributed by atoms with van der Waals surface area (Å²) in [5.41, 5.74) is 2.00. The minimum absolute atomic E-state index is 0.593. The van der Waals surface area contributed by atoms with Crippen LogP contribution in [0, 0.1) is 13.8 Å². The zero-order valence-corrected chi connectivity index (χ0v) is 10.9. The summed E-state index contributed by atoms with van der Waals surface area (Å²) in [6.45, 7) is 6.81. The Balaban J connectivity index is 2.30. The van der Waals surface area contributed by atoms with Crippen molar-refractivity contribution in [2.45, 2.75) is 20.8 Å². The second kappa shape index (κ2) is 5.49. The highest BCUT2D eigenvalue weighted by molar-refractivity contribution is 5.49. The summed E-state index contributed by atoms with van der Waals surface area (Å²) in [4.78, 5) is 8.37. The Labute approximate surface area is 107 Å². The second-order valence-corrected chi connectivity index (χ2v) is 4.05. The van der Waals surface area contributed by atoms with Crippen molar-refractivity contribution in [2.24, 2.45) is 0 Å². The van der Waals surface area contributed by atoms with Crippen molar-refractivity contribution < 1.29 is 4.74 Å². The Morgan fingerprint density at radius 1 is 1.17 bits per heavy atom. The Morgan fingerprint density at radius 2 is 1.94 bits per heavy atom. The molecule has 4 nitrogen and oxygen atoms in total. The molecule has 4 heteroatoms. The number of rotatable bonds is 4. The molecule has 94 valence electrons. The van der Waals surface area contributed by atoms with E-state index in [1.54, 1.807) is 0 Å². The van der Waals surface area contributed by atoms with Gasteiger partial charge in [0.05, 0.1) is 5.56 Å². The molecule has 2 rings (SSSR count). The van der Waals surface area contributed by atoms with Crippen molar-refractivity contribution in [1.29, 1.82) is 0 Å². The Bertz CT molecular complexity index is 540. The highest BCUT2D eigenvalue weighted by Gasteiger charge is 2.09. The lowest BCUT2D eigenvalue weighted by atomic mass is 10.2. The molecule has 0 aliphatic carbocycles. The third-order valence-electron chi connectivity index (χ3n) is 2.68. The molecule has 0 atom stereocenters. The zero-order chi connectivity index (χ0) is 13.0. The second-order valence-electron chi connectivity index (χ2n) is 4.05. The first-order valence-corrected chi connectivity index (χ1v) is 6.01.